The van der Waals surface area contributed by atoms with E-state index in [1.54, 1.807) is 29.6 Å². The molecule has 0 saturated heterocycles. The van der Waals surface area contributed by atoms with Gasteiger partial charge in [-0.25, -0.2) is 4.79 Å². The van der Waals surface area contributed by atoms with E-state index in [1.807, 2.05) is 6.92 Å². The van der Waals surface area contributed by atoms with Gasteiger partial charge in [0, 0.05) is 10.6 Å². The smallest absolute Gasteiger partial charge is 0.350 e. The van der Waals surface area contributed by atoms with Gasteiger partial charge in [-0.2, -0.15) is 0 Å². The molecule has 1 aromatic heterocycles. The first-order chi connectivity index (χ1) is 9.52. The number of anilines is 1. The van der Waals surface area contributed by atoms with Gasteiger partial charge < -0.3 is 10.1 Å². The number of carbonyl (C=O) groups is 2. The van der Waals surface area contributed by atoms with Gasteiger partial charge in [0.05, 0.1) is 12.8 Å². The topological polar surface area (TPSA) is 55.4 Å². The normalized spacial score (nSPS) is 10.2. The number of thiophene rings is 1. The molecule has 2 aromatic rings. The predicted molar refractivity (Wildman–Crippen MR) is 79.8 cm³/mol. The number of aryl methyl sites for hydroxylation is 1. The number of carbonyl (C=O) groups excluding carboxylic acids is 2. The number of hydrogen-bond donors (Lipinski definition) is 1. The van der Waals surface area contributed by atoms with Crippen molar-refractivity contribution in [3.8, 4) is 0 Å². The molecule has 0 atom stereocenters. The van der Waals surface area contributed by atoms with E-state index in [9.17, 15) is 9.59 Å². The standard InChI is InChI=1S/C14H12ClNO3S/c1-8-7-9(3-4-10(8)15)13(17)16-11-5-6-20-12(11)14(18)19-2/h3-7H,1-2H3,(H,16,17). The molecule has 0 radical (unpaired) electrons. The minimum Gasteiger partial charge on any atom is -0.465 e. The maximum atomic E-state index is 12.1. The first kappa shape index (κ1) is 14.6. The van der Waals surface area contributed by atoms with Crippen LogP contribution in [0.4, 0.5) is 5.69 Å². The van der Waals surface area contributed by atoms with Gasteiger partial charge in [-0.15, -0.1) is 11.3 Å². The van der Waals surface area contributed by atoms with Crippen LogP contribution in [0.15, 0.2) is 29.6 Å². The molecule has 0 spiro atoms. The van der Waals surface area contributed by atoms with Gasteiger partial charge in [0.2, 0.25) is 0 Å². The molecule has 0 saturated carbocycles. The van der Waals surface area contributed by atoms with Gasteiger partial charge >= 0.3 is 5.97 Å². The zero-order chi connectivity index (χ0) is 14.7. The molecule has 1 heterocycles. The van der Waals surface area contributed by atoms with Crippen molar-refractivity contribution < 1.29 is 14.3 Å². The highest BCUT2D eigenvalue weighted by molar-refractivity contribution is 7.12. The van der Waals surface area contributed by atoms with E-state index in [4.69, 9.17) is 11.6 Å². The quantitative estimate of drug-likeness (QED) is 0.879. The fourth-order valence-electron chi connectivity index (χ4n) is 1.64. The Bertz CT molecular complexity index is 666. The van der Waals surface area contributed by atoms with Crippen LogP contribution in [0.1, 0.15) is 25.6 Å². The van der Waals surface area contributed by atoms with E-state index in [1.165, 1.54) is 18.4 Å². The van der Waals surface area contributed by atoms with Crippen molar-refractivity contribution in [1.29, 1.82) is 0 Å². The molecule has 0 unspecified atom stereocenters. The van der Waals surface area contributed by atoms with E-state index < -0.39 is 5.97 Å². The van der Waals surface area contributed by atoms with Gasteiger partial charge in [-0.1, -0.05) is 11.6 Å². The van der Waals surface area contributed by atoms with Gasteiger partial charge in [-0.3, -0.25) is 4.79 Å². The summed E-state index contributed by atoms with van der Waals surface area (Å²) in [4.78, 5) is 24.0. The number of ether oxygens (including phenoxy) is 1. The minimum absolute atomic E-state index is 0.298. The Morgan fingerprint density at radius 1 is 1.30 bits per heavy atom. The molecule has 1 N–H and O–H groups in total. The SMILES string of the molecule is COC(=O)c1sccc1NC(=O)c1ccc(Cl)c(C)c1. The summed E-state index contributed by atoms with van der Waals surface area (Å²) in [6, 6.07) is 6.66. The van der Waals surface area contributed by atoms with Crippen molar-refractivity contribution in [2.24, 2.45) is 0 Å². The molecule has 4 nitrogen and oxygen atoms in total. The fraction of sp³-hybridized carbons (Fsp3) is 0.143. The van der Waals surface area contributed by atoms with Crippen LogP contribution in [0.3, 0.4) is 0 Å². The molecule has 0 bridgehead atoms. The highest BCUT2D eigenvalue weighted by Crippen LogP contribution is 2.24. The number of nitrogens with one attached hydrogen (secondary N) is 1. The Hall–Kier alpha value is -1.85. The average molecular weight is 310 g/mol. The summed E-state index contributed by atoms with van der Waals surface area (Å²) in [5.41, 5.74) is 1.74. The van der Waals surface area contributed by atoms with Gasteiger partial charge in [0.1, 0.15) is 4.88 Å². The lowest BCUT2D eigenvalue weighted by atomic mass is 10.1. The van der Waals surface area contributed by atoms with Crippen molar-refractivity contribution in [3.05, 3.63) is 50.7 Å². The van der Waals surface area contributed by atoms with E-state index in [2.05, 4.69) is 10.1 Å². The minimum atomic E-state index is -0.470. The number of esters is 1. The Morgan fingerprint density at radius 3 is 2.70 bits per heavy atom. The molecule has 6 heteroatoms. The van der Waals surface area contributed by atoms with Crippen LogP contribution in [-0.4, -0.2) is 19.0 Å². The summed E-state index contributed by atoms with van der Waals surface area (Å²) in [7, 11) is 1.30. The Labute approximate surface area is 125 Å². The molecule has 2 rings (SSSR count). The zero-order valence-electron chi connectivity index (χ0n) is 10.9. The number of amides is 1. The number of methoxy groups -OCH3 is 1. The van der Waals surface area contributed by atoms with Gasteiger partial charge in [-0.05, 0) is 42.1 Å². The first-order valence-electron chi connectivity index (χ1n) is 5.76. The average Bonchev–Trinajstić information content (AvgIpc) is 2.89. The third kappa shape index (κ3) is 3.00. The van der Waals surface area contributed by atoms with Gasteiger partial charge in [0.25, 0.3) is 5.91 Å². The summed E-state index contributed by atoms with van der Waals surface area (Å²) in [6.45, 7) is 1.82. The molecule has 0 aliphatic rings. The molecule has 0 fully saturated rings. The molecule has 20 heavy (non-hydrogen) atoms. The van der Waals surface area contributed by atoms with E-state index in [-0.39, 0.29) is 5.91 Å². The van der Waals surface area contributed by atoms with Crippen LogP contribution in [-0.2, 0) is 4.74 Å². The Morgan fingerprint density at radius 2 is 2.05 bits per heavy atom. The largest absolute Gasteiger partial charge is 0.465 e. The van der Waals surface area contributed by atoms with E-state index >= 15 is 0 Å². The highest BCUT2D eigenvalue weighted by Gasteiger charge is 2.16. The third-order valence-corrected chi connectivity index (χ3v) is 4.02. The van der Waals surface area contributed by atoms with Crippen LogP contribution in [0.25, 0.3) is 0 Å². The van der Waals surface area contributed by atoms with Crippen molar-refractivity contribution in [2.75, 3.05) is 12.4 Å². The number of halogens is 1. The lowest BCUT2D eigenvalue weighted by Gasteiger charge is -2.07. The van der Waals surface area contributed by atoms with Crippen LogP contribution < -0.4 is 5.32 Å². The molecule has 104 valence electrons. The summed E-state index contributed by atoms with van der Waals surface area (Å²) in [5.74, 6) is -0.768. The molecule has 0 aliphatic carbocycles. The maximum absolute atomic E-state index is 12.1. The first-order valence-corrected chi connectivity index (χ1v) is 7.02. The summed E-state index contributed by atoms with van der Waals surface area (Å²) < 4.78 is 4.66. The summed E-state index contributed by atoms with van der Waals surface area (Å²) in [5, 5.41) is 5.02. The molecule has 1 amide bonds. The Kier molecular flexibility index (Phi) is 4.42. The van der Waals surface area contributed by atoms with Crippen molar-refractivity contribution in [1.82, 2.24) is 0 Å². The summed E-state index contributed by atoms with van der Waals surface area (Å²) in [6.07, 6.45) is 0. The Balaban J connectivity index is 2.22. The van der Waals surface area contributed by atoms with Crippen molar-refractivity contribution >= 4 is 40.5 Å². The predicted octanol–water partition coefficient (Wildman–Crippen LogP) is 3.75. The number of rotatable bonds is 3. The van der Waals surface area contributed by atoms with Crippen LogP contribution in [0.5, 0.6) is 0 Å². The molecular weight excluding hydrogens is 298 g/mol. The zero-order valence-corrected chi connectivity index (χ0v) is 12.5. The second kappa shape index (κ2) is 6.07. The lowest BCUT2D eigenvalue weighted by Crippen LogP contribution is -2.14. The molecular formula is C14H12ClNO3S. The third-order valence-electron chi connectivity index (χ3n) is 2.70. The lowest BCUT2D eigenvalue weighted by molar-refractivity contribution is 0.0607. The molecule has 1 aromatic carbocycles. The maximum Gasteiger partial charge on any atom is 0.350 e. The number of benzene rings is 1. The monoisotopic (exact) mass is 309 g/mol. The molecule has 0 aliphatic heterocycles. The van der Waals surface area contributed by atoms with Crippen LogP contribution in [0.2, 0.25) is 5.02 Å². The van der Waals surface area contributed by atoms with E-state index in [0.29, 0.717) is 21.2 Å². The second-order valence-electron chi connectivity index (χ2n) is 4.07. The second-order valence-corrected chi connectivity index (χ2v) is 5.40. The van der Waals surface area contributed by atoms with E-state index in [0.717, 1.165) is 5.56 Å². The highest BCUT2D eigenvalue weighted by atomic mass is 35.5. The van der Waals surface area contributed by atoms with Crippen LogP contribution >= 0.6 is 22.9 Å². The van der Waals surface area contributed by atoms with Crippen LogP contribution in [0, 0.1) is 6.92 Å². The number of hydrogen-bond acceptors (Lipinski definition) is 4. The fourth-order valence-corrected chi connectivity index (χ4v) is 2.52. The van der Waals surface area contributed by atoms with Gasteiger partial charge in [0.15, 0.2) is 0 Å². The van der Waals surface area contributed by atoms with Crippen molar-refractivity contribution in [2.45, 2.75) is 6.92 Å². The summed E-state index contributed by atoms with van der Waals surface area (Å²) >= 11 is 7.14. The van der Waals surface area contributed by atoms with Crippen molar-refractivity contribution in [3.63, 3.8) is 0 Å².